The lowest BCUT2D eigenvalue weighted by molar-refractivity contribution is 0.0951. The summed E-state index contributed by atoms with van der Waals surface area (Å²) in [5, 5.41) is 3.06. The molecule has 0 aromatic heterocycles. The summed E-state index contributed by atoms with van der Waals surface area (Å²) in [6, 6.07) is 27.0. The molecule has 1 N–H and O–H groups in total. The van der Waals surface area contributed by atoms with Crippen LogP contribution in [-0.4, -0.2) is 19.0 Å². The Labute approximate surface area is 173 Å². The molecule has 1 aliphatic rings. The number of amides is 1. The number of hydrogen-bond acceptors (Lipinski definition) is 2. The van der Waals surface area contributed by atoms with Crippen LogP contribution in [0.2, 0.25) is 0 Å². The topological polar surface area (TPSA) is 32.3 Å². The van der Waals surface area contributed by atoms with E-state index in [4.69, 9.17) is 0 Å². The smallest absolute Gasteiger partial charge is 0.251 e. The van der Waals surface area contributed by atoms with Gasteiger partial charge in [-0.3, -0.25) is 4.79 Å². The zero-order valence-corrected chi connectivity index (χ0v) is 17.0. The Balaban J connectivity index is 1.35. The number of benzene rings is 3. The molecule has 3 nitrogen and oxygen atoms in total. The largest absolute Gasteiger partial charge is 0.367 e. The van der Waals surface area contributed by atoms with Crippen LogP contribution in [0.3, 0.4) is 0 Å². The van der Waals surface area contributed by atoms with E-state index in [-0.39, 0.29) is 5.91 Å². The number of rotatable bonds is 6. The van der Waals surface area contributed by atoms with Gasteiger partial charge in [-0.2, -0.15) is 0 Å². The highest BCUT2D eigenvalue weighted by molar-refractivity contribution is 5.94. The first kappa shape index (κ1) is 19.3. The van der Waals surface area contributed by atoms with Crippen molar-refractivity contribution in [3.8, 4) is 0 Å². The molecule has 0 bridgehead atoms. The van der Waals surface area contributed by atoms with Crippen molar-refractivity contribution in [2.75, 3.05) is 18.0 Å². The molecule has 1 heterocycles. The lowest BCUT2D eigenvalue weighted by atomic mass is 10.0. The summed E-state index contributed by atoms with van der Waals surface area (Å²) >= 11 is 0. The molecule has 0 saturated carbocycles. The molecule has 0 saturated heterocycles. The van der Waals surface area contributed by atoms with Gasteiger partial charge < -0.3 is 10.2 Å². The van der Waals surface area contributed by atoms with Crippen LogP contribution in [0.4, 0.5) is 5.69 Å². The van der Waals surface area contributed by atoms with Gasteiger partial charge >= 0.3 is 0 Å². The molecule has 0 fully saturated rings. The lowest BCUT2D eigenvalue weighted by Crippen LogP contribution is -2.29. The maximum atomic E-state index is 12.5. The Bertz CT molecular complexity index is 950. The van der Waals surface area contributed by atoms with Crippen molar-refractivity contribution in [3.05, 3.63) is 101 Å². The number of nitrogens with zero attached hydrogens (tertiary/aromatic N) is 1. The fourth-order valence-electron chi connectivity index (χ4n) is 4.00. The van der Waals surface area contributed by atoms with Gasteiger partial charge in [0.05, 0.1) is 0 Å². The molecule has 29 heavy (non-hydrogen) atoms. The van der Waals surface area contributed by atoms with Crippen molar-refractivity contribution in [1.29, 1.82) is 0 Å². The van der Waals surface area contributed by atoms with Crippen molar-refractivity contribution >= 4 is 11.6 Å². The quantitative estimate of drug-likeness (QED) is 0.636. The standard InChI is InChI=1S/C26H28N2O/c1-20(22-8-3-2-4-9-22)18-27-26(29)24-15-13-21(14-16-24)19-28-17-7-11-23-10-5-6-12-25(23)28/h2-6,8-10,12-16,20H,7,11,17-19H2,1H3,(H,27,29)/t20-/m1/s1. The van der Waals surface area contributed by atoms with Crippen molar-refractivity contribution in [1.82, 2.24) is 5.32 Å². The number of fused-ring (bicyclic) bond motifs is 1. The summed E-state index contributed by atoms with van der Waals surface area (Å²) in [7, 11) is 0. The Morgan fingerprint density at radius 2 is 1.69 bits per heavy atom. The molecule has 0 spiro atoms. The van der Waals surface area contributed by atoms with Crippen molar-refractivity contribution < 1.29 is 4.79 Å². The van der Waals surface area contributed by atoms with Crippen LogP contribution in [0.15, 0.2) is 78.9 Å². The van der Waals surface area contributed by atoms with Crippen molar-refractivity contribution in [2.24, 2.45) is 0 Å². The molecule has 3 heteroatoms. The fraction of sp³-hybridized carbons (Fsp3) is 0.269. The Kier molecular flexibility index (Phi) is 5.95. The van der Waals surface area contributed by atoms with E-state index in [1.54, 1.807) is 0 Å². The normalized spacial score (nSPS) is 14.2. The summed E-state index contributed by atoms with van der Waals surface area (Å²) in [6.45, 7) is 4.73. The number of nitrogens with one attached hydrogen (secondary N) is 1. The van der Waals surface area contributed by atoms with Crippen LogP contribution in [-0.2, 0) is 13.0 Å². The number of hydrogen-bond donors (Lipinski definition) is 1. The SMILES string of the molecule is C[C@H](CNC(=O)c1ccc(CN2CCCc3ccccc32)cc1)c1ccccc1. The predicted octanol–water partition coefficient (Wildman–Crippen LogP) is 5.17. The molecule has 3 aromatic rings. The van der Waals surface area contributed by atoms with E-state index in [0.29, 0.717) is 18.0 Å². The van der Waals surface area contributed by atoms with Crippen molar-refractivity contribution in [2.45, 2.75) is 32.2 Å². The molecule has 1 amide bonds. The minimum Gasteiger partial charge on any atom is -0.367 e. The number of carbonyl (C=O) groups is 1. The fourth-order valence-corrected chi connectivity index (χ4v) is 4.00. The third-order valence-electron chi connectivity index (χ3n) is 5.73. The number of anilines is 1. The predicted molar refractivity (Wildman–Crippen MR) is 119 cm³/mol. The van der Waals surface area contributed by atoms with E-state index in [1.165, 1.54) is 28.8 Å². The van der Waals surface area contributed by atoms with Gasteiger partial charge in [0, 0.05) is 30.9 Å². The summed E-state index contributed by atoms with van der Waals surface area (Å²) in [5.41, 5.74) is 5.96. The summed E-state index contributed by atoms with van der Waals surface area (Å²) in [6.07, 6.45) is 2.35. The average Bonchev–Trinajstić information content (AvgIpc) is 2.78. The van der Waals surface area contributed by atoms with E-state index >= 15 is 0 Å². The van der Waals surface area contributed by atoms with Gasteiger partial charge in [-0.25, -0.2) is 0 Å². The van der Waals surface area contributed by atoms with Gasteiger partial charge in [-0.05, 0) is 53.6 Å². The minimum absolute atomic E-state index is 0.0114. The van der Waals surface area contributed by atoms with Crippen LogP contribution in [0.5, 0.6) is 0 Å². The Morgan fingerprint density at radius 1 is 0.966 bits per heavy atom. The molecule has 3 aromatic carbocycles. The van der Waals surface area contributed by atoms with E-state index in [2.05, 4.69) is 65.7 Å². The van der Waals surface area contributed by atoms with Crippen LogP contribution in [0.1, 0.15) is 46.3 Å². The second-order valence-corrected chi connectivity index (χ2v) is 7.87. The van der Waals surface area contributed by atoms with Gasteiger partial charge in [-0.15, -0.1) is 0 Å². The highest BCUT2D eigenvalue weighted by Gasteiger charge is 2.16. The highest BCUT2D eigenvalue weighted by atomic mass is 16.1. The first-order chi connectivity index (χ1) is 14.2. The van der Waals surface area contributed by atoms with Gasteiger partial charge in [0.1, 0.15) is 0 Å². The molecule has 1 aliphatic heterocycles. The molecule has 1 atom stereocenters. The Hall–Kier alpha value is -3.07. The molecular formula is C26H28N2O. The Morgan fingerprint density at radius 3 is 2.48 bits per heavy atom. The van der Waals surface area contributed by atoms with Gasteiger partial charge in [0.2, 0.25) is 0 Å². The summed E-state index contributed by atoms with van der Waals surface area (Å²) in [4.78, 5) is 15.0. The highest BCUT2D eigenvalue weighted by Crippen LogP contribution is 2.28. The number of aryl methyl sites for hydroxylation is 1. The van der Waals surface area contributed by atoms with Gasteiger partial charge in [0.15, 0.2) is 0 Å². The first-order valence-electron chi connectivity index (χ1n) is 10.5. The van der Waals surface area contributed by atoms with Gasteiger partial charge in [0.25, 0.3) is 5.91 Å². The molecule has 0 radical (unpaired) electrons. The molecular weight excluding hydrogens is 356 g/mol. The molecule has 0 unspecified atom stereocenters. The lowest BCUT2D eigenvalue weighted by Gasteiger charge is -2.31. The third-order valence-corrected chi connectivity index (χ3v) is 5.73. The van der Waals surface area contributed by atoms with E-state index < -0.39 is 0 Å². The maximum absolute atomic E-state index is 12.5. The summed E-state index contributed by atoms with van der Waals surface area (Å²) < 4.78 is 0. The zero-order valence-electron chi connectivity index (χ0n) is 17.0. The first-order valence-corrected chi connectivity index (χ1v) is 10.5. The van der Waals surface area contributed by atoms with Crippen LogP contribution >= 0.6 is 0 Å². The van der Waals surface area contributed by atoms with Crippen LogP contribution in [0, 0.1) is 0 Å². The van der Waals surface area contributed by atoms with E-state index in [1.807, 2.05) is 30.3 Å². The number of para-hydroxylation sites is 1. The zero-order chi connectivity index (χ0) is 20.1. The molecule has 0 aliphatic carbocycles. The molecule has 148 valence electrons. The third kappa shape index (κ3) is 4.68. The van der Waals surface area contributed by atoms with Crippen molar-refractivity contribution in [3.63, 3.8) is 0 Å². The molecule has 4 rings (SSSR count). The van der Waals surface area contributed by atoms with Gasteiger partial charge in [-0.1, -0.05) is 67.6 Å². The average molecular weight is 385 g/mol. The van der Waals surface area contributed by atoms with E-state index in [0.717, 1.165) is 19.5 Å². The number of carbonyl (C=O) groups excluding carboxylic acids is 1. The second kappa shape index (κ2) is 8.95. The second-order valence-electron chi connectivity index (χ2n) is 7.87. The summed E-state index contributed by atoms with van der Waals surface area (Å²) in [5.74, 6) is 0.279. The van der Waals surface area contributed by atoms with E-state index in [9.17, 15) is 4.79 Å². The monoisotopic (exact) mass is 384 g/mol. The minimum atomic E-state index is -0.0114. The van der Waals surface area contributed by atoms with Crippen LogP contribution in [0.25, 0.3) is 0 Å². The maximum Gasteiger partial charge on any atom is 0.251 e. The van der Waals surface area contributed by atoms with Crippen LogP contribution < -0.4 is 10.2 Å².